The molecule has 19 heavy (non-hydrogen) atoms. The predicted octanol–water partition coefficient (Wildman–Crippen LogP) is 2.42. The van der Waals surface area contributed by atoms with Gasteiger partial charge >= 0.3 is 6.61 Å². The Morgan fingerprint density at radius 1 is 1.21 bits per heavy atom. The monoisotopic (exact) mass is 275 g/mol. The van der Waals surface area contributed by atoms with Gasteiger partial charge < -0.3 is 19.5 Å². The van der Waals surface area contributed by atoms with Crippen molar-refractivity contribution >= 4 is 0 Å². The fourth-order valence-corrected chi connectivity index (χ4v) is 1.62. The van der Waals surface area contributed by atoms with Crippen LogP contribution < -0.4 is 14.8 Å². The number of nitrogens with one attached hydrogen (secondary N) is 1. The van der Waals surface area contributed by atoms with Gasteiger partial charge in [0.15, 0.2) is 11.5 Å². The zero-order chi connectivity index (χ0) is 14.3. The number of ether oxygens (including phenoxy) is 3. The molecule has 1 aromatic rings. The summed E-state index contributed by atoms with van der Waals surface area (Å²) in [4.78, 5) is 0. The Bertz CT molecular complexity index is 388. The van der Waals surface area contributed by atoms with Crippen LogP contribution in [0.5, 0.6) is 11.5 Å². The molecule has 4 nitrogen and oxygen atoms in total. The van der Waals surface area contributed by atoms with E-state index in [-0.39, 0.29) is 17.5 Å². The van der Waals surface area contributed by atoms with Gasteiger partial charge in [0, 0.05) is 19.7 Å². The normalized spacial score (nSPS) is 12.5. The number of methoxy groups -OCH3 is 2. The molecule has 0 heterocycles. The van der Waals surface area contributed by atoms with Crippen LogP contribution in [0.25, 0.3) is 0 Å². The lowest BCUT2D eigenvalue weighted by Gasteiger charge is -2.14. The van der Waals surface area contributed by atoms with Gasteiger partial charge in [-0.25, -0.2) is 0 Å². The summed E-state index contributed by atoms with van der Waals surface area (Å²) in [5.74, 6) is 0.324. The highest BCUT2D eigenvalue weighted by Crippen LogP contribution is 2.29. The molecule has 0 amide bonds. The minimum absolute atomic E-state index is 0.0381. The van der Waals surface area contributed by atoms with Gasteiger partial charge in [0.1, 0.15) is 0 Å². The Kier molecular flexibility index (Phi) is 6.52. The van der Waals surface area contributed by atoms with Crippen LogP contribution in [0.3, 0.4) is 0 Å². The van der Waals surface area contributed by atoms with Crippen LogP contribution in [0, 0.1) is 0 Å². The molecule has 0 fully saturated rings. The maximum atomic E-state index is 12.3. The van der Waals surface area contributed by atoms with Gasteiger partial charge in [0.25, 0.3) is 0 Å². The average Bonchev–Trinajstić information content (AvgIpc) is 2.36. The quantitative estimate of drug-likeness (QED) is 0.791. The molecule has 0 radical (unpaired) electrons. The van der Waals surface area contributed by atoms with E-state index < -0.39 is 6.61 Å². The minimum Gasteiger partial charge on any atom is -0.493 e. The third kappa shape index (κ3) is 5.40. The van der Waals surface area contributed by atoms with Gasteiger partial charge in [-0.2, -0.15) is 8.78 Å². The first-order valence-electron chi connectivity index (χ1n) is 5.90. The zero-order valence-corrected chi connectivity index (χ0v) is 11.3. The second-order valence-corrected chi connectivity index (χ2v) is 4.10. The van der Waals surface area contributed by atoms with E-state index in [1.54, 1.807) is 19.2 Å². The maximum absolute atomic E-state index is 12.3. The molecule has 1 N–H and O–H groups in total. The lowest BCUT2D eigenvalue weighted by atomic mass is 10.2. The van der Waals surface area contributed by atoms with Crippen molar-refractivity contribution in [1.29, 1.82) is 0 Å². The topological polar surface area (TPSA) is 39.7 Å². The van der Waals surface area contributed by atoms with Crippen LogP contribution in [-0.4, -0.2) is 33.5 Å². The molecule has 1 atom stereocenters. The van der Waals surface area contributed by atoms with Gasteiger partial charge in [0.05, 0.1) is 13.7 Å². The molecule has 1 unspecified atom stereocenters. The summed E-state index contributed by atoms with van der Waals surface area (Å²) in [6.45, 7) is 0.221. The molecule has 0 bridgehead atoms. The Morgan fingerprint density at radius 3 is 2.53 bits per heavy atom. The number of halogens is 2. The molecular formula is C13H19F2NO3. The number of benzene rings is 1. The number of alkyl halides is 2. The summed E-state index contributed by atoms with van der Waals surface area (Å²) >= 11 is 0. The largest absolute Gasteiger partial charge is 0.493 e. The van der Waals surface area contributed by atoms with E-state index in [1.807, 2.05) is 6.92 Å². The summed E-state index contributed by atoms with van der Waals surface area (Å²) in [5.41, 5.74) is 0.833. The number of rotatable bonds is 8. The van der Waals surface area contributed by atoms with Crippen molar-refractivity contribution < 1.29 is 23.0 Å². The number of hydrogen-bond donors (Lipinski definition) is 1. The van der Waals surface area contributed by atoms with E-state index in [2.05, 4.69) is 10.1 Å². The summed E-state index contributed by atoms with van der Waals surface area (Å²) in [6, 6.07) is 5.11. The highest BCUT2D eigenvalue weighted by molar-refractivity contribution is 5.42. The maximum Gasteiger partial charge on any atom is 0.387 e. The third-order valence-electron chi connectivity index (χ3n) is 2.52. The smallest absolute Gasteiger partial charge is 0.387 e. The van der Waals surface area contributed by atoms with Crippen molar-refractivity contribution in [2.45, 2.75) is 26.1 Å². The highest BCUT2D eigenvalue weighted by atomic mass is 19.3. The average molecular weight is 275 g/mol. The SMILES string of the molecule is COCC(C)NCc1ccc(OC)c(OC(F)F)c1. The highest BCUT2D eigenvalue weighted by Gasteiger charge is 2.11. The van der Waals surface area contributed by atoms with Crippen molar-refractivity contribution in [2.75, 3.05) is 20.8 Å². The molecule has 0 spiro atoms. The van der Waals surface area contributed by atoms with Crippen molar-refractivity contribution in [3.63, 3.8) is 0 Å². The van der Waals surface area contributed by atoms with E-state index in [9.17, 15) is 8.78 Å². The molecule has 0 aliphatic carbocycles. The van der Waals surface area contributed by atoms with Gasteiger partial charge in [-0.15, -0.1) is 0 Å². The van der Waals surface area contributed by atoms with E-state index >= 15 is 0 Å². The molecule has 0 saturated carbocycles. The minimum atomic E-state index is -2.87. The van der Waals surface area contributed by atoms with E-state index in [1.165, 1.54) is 13.2 Å². The van der Waals surface area contributed by atoms with Gasteiger partial charge in [-0.05, 0) is 24.6 Å². The van der Waals surface area contributed by atoms with Crippen molar-refractivity contribution in [2.24, 2.45) is 0 Å². The Hall–Kier alpha value is -1.40. The summed E-state index contributed by atoms with van der Waals surface area (Å²) in [6.07, 6.45) is 0. The standard InChI is InChI=1S/C13H19F2NO3/c1-9(8-17-2)16-7-10-4-5-11(18-3)12(6-10)19-13(14)15/h4-6,9,13,16H,7-8H2,1-3H3. The molecule has 0 aliphatic rings. The first-order chi connectivity index (χ1) is 9.06. The van der Waals surface area contributed by atoms with Gasteiger partial charge in [-0.3, -0.25) is 0 Å². The molecule has 1 aromatic carbocycles. The van der Waals surface area contributed by atoms with E-state index in [4.69, 9.17) is 9.47 Å². The molecule has 0 aromatic heterocycles. The zero-order valence-electron chi connectivity index (χ0n) is 11.3. The predicted molar refractivity (Wildman–Crippen MR) is 67.8 cm³/mol. The summed E-state index contributed by atoms with van der Waals surface area (Å²) in [5, 5.41) is 3.21. The Morgan fingerprint density at radius 2 is 1.95 bits per heavy atom. The fourth-order valence-electron chi connectivity index (χ4n) is 1.62. The van der Waals surface area contributed by atoms with Crippen molar-refractivity contribution in [3.05, 3.63) is 23.8 Å². The van der Waals surface area contributed by atoms with Crippen LogP contribution >= 0.6 is 0 Å². The first kappa shape index (κ1) is 15.7. The van der Waals surface area contributed by atoms with Crippen molar-refractivity contribution in [1.82, 2.24) is 5.32 Å². The molecule has 108 valence electrons. The molecule has 6 heteroatoms. The van der Waals surface area contributed by atoms with Crippen LogP contribution in [0.1, 0.15) is 12.5 Å². The fraction of sp³-hybridized carbons (Fsp3) is 0.538. The Labute approximate surface area is 111 Å². The van der Waals surface area contributed by atoms with Gasteiger partial charge in [0.2, 0.25) is 0 Å². The Balaban J connectivity index is 2.69. The molecule has 0 aliphatic heterocycles. The van der Waals surface area contributed by atoms with Crippen LogP contribution in [-0.2, 0) is 11.3 Å². The van der Waals surface area contributed by atoms with E-state index in [0.29, 0.717) is 13.2 Å². The molecule has 1 rings (SSSR count). The second-order valence-electron chi connectivity index (χ2n) is 4.10. The second kappa shape index (κ2) is 7.91. The van der Waals surface area contributed by atoms with Crippen LogP contribution in [0.4, 0.5) is 8.78 Å². The molecule has 0 saturated heterocycles. The first-order valence-corrected chi connectivity index (χ1v) is 5.90. The van der Waals surface area contributed by atoms with E-state index in [0.717, 1.165) is 5.56 Å². The lowest BCUT2D eigenvalue weighted by Crippen LogP contribution is -2.29. The third-order valence-corrected chi connectivity index (χ3v) is 2.52. The van der Waals surface area contributed by atoms with Crippen LogP contribution in [0.2, 0.25) is 0 Å². The summed E-state index contributed by atoms with van der Waals surface area (Å²) in [7, 11) is 3.03. The lowest BCUT2D eigenvalue weighted by molar-refractivity contribution is -0.0512. The van der Waals surface area contributed by atoms with Crippen LogP contribution in [0.15, 0.2) is 18.2 Å². The van der Waals surface area contributed by atoms with Gasteiger partial charge in [-0.1, -0.05) is 6.07 Å². The molecular weight excluding hydrogens is 256 g/mol. The number of hydrogen-bond acceptors (Lipinski definition) is 4. The summed E-state index contributed by atoms with van der Waals surface area (Å²) < 4.78 is 38.9. The van der Waals surface area contributed by atoms with Crippen molar-refractivity contribution in [3.8, 4) is 11.5 Å².